The van der Waals surface area contributed by atoms with Crippen LogP contribution >= 0.6 is 7.82 Å². The monoisotopic (exact) mass is 804 g/mol. The van der Waals surface area contributed by atoms with Crippen LogP contribution in [0.15, 0.2) is 85.1 Å². The molecule has 0 amide bonds. The minimum absolute atomic E-state index is 0.0308. The molecule has 0 heterocycles. The number of rotatable bonds is 39. The molecule has 0 aromatic carbocycles. The summed E-state index contributed by atoms with van der Waals surface area (Å²) in [6.45, 7) is 4.00. The van der Waals surface area contributed by atoms with Crippen LogP contribution in [-0.2, 0) is 32.7 Å². The van der Waals surface area contributed by atoms with Crippen LogP contribution in [0, 0.1) is 0 Å². The predicted octanol–water partition coefficient (Wildman–Crippen LogP) is 12.3. The molecule has 0 saturated heterocycles. The standard InChI is InChI=1S/C46H78NO8P/c1-4-6-8-10-12-14-16-18-20-21-22-23-25-26-28-30-32-34-36-38-45(48)52-42-44(43-54-56(50,51)53-41-40-47-3)55-46(49)39-37-35-33-31-29-27-24-19-17-15-13-11-9-7-5-2/h7,9,12-15,18-20,22-24,26,28,44,47H,4-6,8,10-11,16-17,21,25,27,29-43H2,1-3H3,(H,50,51)/b9-7-,14-12-,15-13-,20-18-,23-22-,24-19-,28-26-. The molecule has 0 spiro atoms. The summed E-state index contributed by atoms with van der Waals surface area (Å²) < 4.78 is 33.1. The minimum atomic E-state index is -4.37. The highest BCUT2D eigenvalue weighted by molar-refractivity contribution is 7.47. The van der Waals surface area contributed by atoms with Crippen molar-refractivity contribution in [2.24, 2.45) is 0 Å². The van der Waals surface area contributed by atoms with E-state index in [2.05, 4.69) is 104 Å². The van der Waals surface area contributed by atoms with Crippen LogP contribution in [0.4, 0.5) is 0 Å². The molecule has 0 saturated carbocycles. The second-order valence-corrected chi connectivity index (χ2v) is 15.2. The second kappa shape index (κ2) is 41.8. The van der Waals surface area contributed by atoms with Crippen molar-refractivity contribution < 1.29 is 37.6 Å². The molecule has 0 bridgehead atoms. The SMILES string of the molecule is CC/C=C\C/C=C\C/C=C\CCCCCCCC(=O)OC(COC(=O)CCCCC/C=C\C/C=C\C/C=C\C/C=C\CCCCC)COP(=O)(O)OCCNC. The van der Waals surface area contributed by atoms with E-state index in [0.717, 1.165) is 89.9 Å². The van der Waals surface area contributed by atoms with Crippen LogP contribution in [-0.4, -0.2) is 56.3 Å². The molecule has 0 radical (unpaired) electrons. The highest BCUT2D eigenvalue weighted by Gasteiger charge is 2.26. The lowest BCUT2D eigenvalue weighted by atomic mass is 10.1. The van der Waals surface area contributed by atoms with Crippen molar-refractivity contribution in [3.05, 3.63) is 85.1 Å². The van der Waals surface area contributed by atoms with Gasteiger partial charge in [-0.3, -0.25) is 18.6 Å². The van der Waals surface area contributed by atoms with Gasteiger partial charge < -0.3 is 19.7 Å². The molecule has 0 fully saturated rings. The third-order valence-electron chi connectivity index (χ3n) is 8.50. The van der Waals surface area contributed by atoms with Gasteiger partial charge in [0, 0.05) is 19.4 Å². The number of esters is 2. The zero-order valence-corrected chi connectivity index (χ0v) is 36.2. The number of ether oxygens (including phenoxy) is 2. The summed E-state index contributed by atoms with van der Waals surface area (Å²) in [5.41, 5.74) is 0. The molecular weight excluding hydrogens is 725 g/mol. The van der Waals surface area contributed by atoms with Gasteiger partial charge in [0.2, 0.25) is 0 Å². The molecule has 2 N–H and O–H groups in total. The van der Waals surface area contributed by atoms with E-state index in [-0.39, 0.29) is 26.1 Å². The van der Waals surface area contributed by atoms with Gasteiger partial charge in [-0.05, 0) is 96.9 Å². The fraction of sp³-hybridized carbons (Fsp3) is 0.652. The van der Waals surface area contributed by atoms with E-state index in [4.69, 9.17) is 18.5 Å². The lowest BCUT2D eigenvalue weighted by Crippen LogP contribution is -2.29. The predicted molar refractivity (Wildman–Crippen MR) is 233 cm³/mol. The molecule has 0 aliphatic heterocycles. The zero-order valence-electron chi connectivity index (χ0n) is 35.3. The molecule has 320 valence electrons. The molecule has 0 rings (SSSR count). The van der Waals surface area contributed by atoms with Crippen molar-refractivity contribution in [2.45, 2.75) is 161 Å². The van der Waals surface area contributed by atoms with E-state index in [1.807, 2.05) is 0 Å². The summed E-state index contributed by atoms with van der Waals surface area (Å²) in [6.07, 6.45) is 50.5. The van der Waals surface area contributed by atoms with Gasteiger partial charge in [-0.1, -0.05) is 137 Å². The average molecular weight is 804 g/mol. The summed E-state index contributed by atoms with van der Waals surface area (Å²) >= 11 is 0. The van der Waals surface area contributed by atoms with Crippen molar-refractivity contribution >= 4 is 19.8 Å². The molecule has 0 aromatic rings. The van der Waals surface area contributed by atoms with E-state index >= 15 is 0 Å². The van der Waals surface area contributed by atoms with Gasteiger partial charge in [0.1, 0.15) is 6.61 Å². The summed E-state index contributed by atoms with van der Waals surface area (Å²) in [5, 5.41) is 2.81. The highest BCUT2D eigenvalue weighted by atomic mass is 31.2. The number of likely N-dealkylation sites (N-methyl/N-ethyl adjacent to an activating group) is 1. The molecular formula is C46H78NO8P. The van der Waals surface area contributed by atoms with E-state index < -0.39 is 32.5 Å². The third-order valence-corrected chi connectivity index (χ3v) is 9.48. The first-order chi connectivity index (χ1) is 27.3. The zero-order chi connectivity index (χ0) is 41.1. The third kappa shape index (κ3) is 40.8. The number of hydrogen-bond donors (Lipinski definition) is 2. The fourth-order valence-electron chi connectivity index (χ4n) is 5.25. The Kier molecular flexibility index (Phi) is 39.7. The maximum atomic E-state index is 12.6. The smallest absolute Gasteiger partial charge is 0.462 e. The average Bonchev–Trinajstić information content (AvgIpc) is 3.18. The molecule has 2 unspecified atom stereocenters. The quantitative estimate of drug-likeness (QED) is 0.0271. The molecule has 0 aliphatic rings. The van der Waals surface area contributed by atoms with Gasteiger partial charge in [-0.25, -0.2) is 4.57 Å². The molecule has 0 aromatic heterocycles. The van der Waals surface area contributed by atoms with Gasteiger partial charge in [-0.15, -0.1) is 0 Å². The van der Waals surface area contributed by atoms with Gasteiger partial charge >= 0.3 is 19.8 Å². The molecule has 9 nitrogen and oxygen atoms in total. The Morgan fingerprint density at radius 3 is 1.54 bits per heavy atom. The molecule has 56 heavy (non-hydrogen) atoms. The summed E-state index contributed by atoms with van der Waals surface area (Å²) in [5.74, 6) is -0.871. The van der Waals surface area contributed by atoms with E-state index in [1.165, 1.54) is 25.7 Å². The number of carbonyl (C=O) groups excluding carboxylic acids is 2. The van der Waals surface area contributed by atoms with Crippen LogP contribution < -0.4 is 5.32 Å². The fourth-order valence-corrected chi connectivity index (χ4v) is 6.01. The number of carbonyl (C=O) groups is 2. The maximum absolute atomic E-state index is 12.6. The Morgan fingerprint density at radius 1 is 0.571 bits per heavy atom. The lowest BCUT2D eigenvalue weighted by Gasteiger charge is -2.20. The Bertz CT molecular complexity index is 1190. The van der Waals surface area contributed by atoms with Crippen LogP contribution in [0.2, 0.25) is 0 Å². The van der Waals surface area contributed by atoms with Crippen molar-refractivity contribution in [1.29, 1.82) is 0 Å². The van der Waals surface area contributed by atoms with E-state index in [0.29, 0.717) is 19.4 Å². The number of phosphoric acid groups is 1. The highest BCUT2D eigenvalue weighted by Crippen LogP contribution is 2.43. The Hall–Kier alpha value is -2.81. The van der Waals surface area contributed by atoms with Crippen molar-refractivity contribution in [3.63, 3.8) is 0 Å². The Morgan fingerprint density at radius 2 is 1.02 bits per heavy atom. The van der Waals surface area contributed by atoms with Crippen LogP contribution in [0.25, 0.3) is 0 Å². The van der Waals surface area contributed by atoms with E-state index in [9.17, 15) is 19.0 Å². The number of phosphoric ester groups is 1. The van der Waals surface area contributed by atoms with Gasteiger partial charge in [0.25, 0.3) is 0 Å². The number of allylic oxidation sites excluding steroid dienone is 14. The van der Waals surface area contributed by atoms with Crippen molar-refractivity contribution in [3.8, 4) is 0 Å². The normalized spacial score (nSPS) is 14.1. The van der Waals surface area contributed by atoms with Crippen molar-refractivity contribution in [2.75, 3.05) is 33.4 Å². The maximum Gasteiger partial charge on any atom is 0.472 e. The number of unbranched alkanes of at least 4 members (excludes halogenated alkanes) is 11. The lowest BCUT2D eigenvalue weighted by molar-refractivity contribution is -0.161. The first-order valence-corrected chi connectivity index (χ1v) is 23.0. The second-order valence-electron chi connectivity index (χ2n) is 13.8. The van der Waals surface area contributed by atoms with Gasteiger partial charge in [0.05, 0.1) is 13.2 Å². The Labute approximate surface area is 341 Å². The topological polar surface area (TPSA) is 120 Å². The molecule has 2 atom stereocenters. The largest absolute Gasteiger partial charge is 0.472 e. The Balaban J connectivity index is 4.33. The number of nitrogens with one attached hydrogen (secondary N) is 1. The van der Waals surface area contributed by atoms with Gasteiger partial charge in [-0.2, -0.15) is 0 Å². The summed E-state index contributed by atoms with van der Waals surface area (Å²) in [7, 11) is -2.68. The van der Waals surface area contributed by atoms with Gasteiger partial charge in [0.15, 0.2) is 6.10 Å². The van der Waals surface area contributed by atoms with E-state index in [1.54, 1.807) is 7.05 Å². The van der Waals surface area contributed by atoms with Crippen LogP contribution in [0.1, 0.15) is 155 Å². The molecule has 0 aliphatic carbocycles. The first-order valence-electron chi connectivity index (χ1n) is 21.5. The van der Waals surface area contributed by atoms with Crippen molar-refractivity contribution in [1.82, 2.24) is 5.32 Å². The van der Waals surface area contributed by atoms with Crippen LogP contribution in [0.5, 0.6) is 0 Å². The summed E-state index contributed by atoms with van der Waals surface area (Å²) in [4.78, 5) is 35.0. The first kappa shape index (κ1) is 53.2. The molecule has 10 heteroatoms. The number of hydrogen-bond acceptors (Lipinski definition) is 8. The minimum Gasteiger partial charge on any atom is -0.462 e. The summed E-state index contributed by atoms with van der Waals surface area (Å²) in [6, 6.07) is 0. The van der Waals surface area contributed by atoms with Crippen LogP contribution in [0.3, 0.4) is 0 Å².